The molecular weight excluding hydrogens is 455 g/mol. The van der Waals surface area contributed by atoms with Crippen molar-refractivity contribution in [2.75, 3.05) is 5.75 Å². The van der Waals surface area contributed by atoms with Gasteiger partial charge in [0.1, 0.15) is 22.9 Å². The van der Waals surface area contributed by atoms with Crippen molar-refractivity contribution in [3.8, 4) is 0 Å². The minimum atomic E-state index is -3.94. The molecule has 0 spiro atoms. The number of sulfone groups is 1. The lowest BCUT2D eigenvalue weighted by atomic mass is 9.90. The number of carbonyl (C=O) groups excluding carboxylic acids is 1. The highest BCUT2D eigenvalue weighted by molar-refractivity contribution is 7.93. The van der Waals surface area contributed by atoms with Gasteiger partial charge in [0.25, 0.3) is 0 Å². The third-order valence-electron chi connectivity index (χ3n) is 6.28. The maximum atomic E-state index is 15.0. The van der Waals surface area contributed by atoms with Crippen molar-refractivity contribution in [3.05, 3.63) is 94.8 Å². The molecule has 176 valence electrons. The topological polar surface area (TPSA) is 115 Å². The number of pyridine rings is 2. The molecule has 1 aliphatic heterocycles. The molecule has 2 N–H and O–H groups in total. The lowest BCUT2D eigenvalue weighted by molar-refractivity contribution is 0.0988. The summed E-state index contributed by atoms with van der Waals surface area (Å²) < 4.78 is 40.4. The van der Waals surface area contributed by atoms with Crippen molar-refractivity contribution in [1.82, 2.24) is 9.97 Å². The van der Waals surface area contributed by atoms with E-state index < -0.39 is 31.7 Å². The van der Waals surface area contributed by atoms with Gasteiger partial charge >= 0.3 is 0 Å². The van der Waals surface area contributed by atoms with Gasteiger partial charge < -0.3 is 5.73 Å². The third-order valence-corrected chi connectivity index (χ3v) is 8.88. The van der Waals surface area contributed by atoms with Crippen molar-refractivity contribution in [3.63, 3.8) is 0 Å². The molecule has 9 heteroatoms. The Labute approximate surface area is 197 Å². The van der Waals surface area contributed by atoms with Gasteiger partial charge in [0, 0.05) is 24.4 Å². The van der Waals surface area contributed by atoms with Crippen LogP contribution in [0.1, 0.15) is 46.7 Å². The molecule has 7 nitrogen and oxygen atoms in total. The van der Waals surface area contributed by atoms with E-state index in [1.807, 2.05) is 6.92 Å². The summed E-state index contributed by atoms with van der Waals surface area (Å²) in [6.45, 7) is 4.86. The summed E-state index contributed by atoms with van der Waals surface area (Å²) in [5.74, 6) is -1.49. The van der Waals surface area contributed by atoms with Gasteiger partial charge in [0.05, 0.1) is 11.4 Å². The predicted octanol–water partition coefficient (Wildman–Crippen LogP) is 3.27. The van der Waals surface area contributed by atoms with Crippen LogP contribution in [0.25, 0.3) is 0 Å². The van der Waals surface area contributed by atoms with Crippen molar-refractivity contribution < 1.29 is 17.6 Å². The fourth-order valence-electron chi connectivity index (χ4n) is 4.16. The lowest BCUT2D eigenvalue weighted by Crippen LogP contribution is -2.55. The maximum Gasteiger partial charge on any atom is 0.185 e. The number of rotatable bonds is 5. The molecule has 0 fully saturated rings. The highest BCUT2D eigenvalue weighted by Crippen LogP contribution is 2.42. The largest absolute Gasteiger partial charge is 0.386 e. The molecule has 0 unspecified atom stereocenters. The first-order valence-corrected chi connectivity index (χ1v) is 12.4. The minimum absolute atomic E-state index is 0.0168. The molecule has 1 aliphatic rings. The number of Topliss-reactive ketones (excluding diaryl/α,β-unsaturated/α-hetero) is 1. The average molecular weight is 481 g/mol. The molecule has 0 saturated carbocycles. The number of nitrogens with zero attached hydrogens (tertiary/aromatic N) is 3. The Morgan fingerprint density at radius 3 is 2.50 bits per heavy atom. The number of carbonyl (C=O) groups is 1. The predicted molar refractivity (Wildman–Crippen MR) is 128 cm³/mol. The van der Waals surface area contributed by atoms with Gasteiger partial charge in [-0.3, -0.25) is 19.8 Å². The van der Waals surface area contributed by atoms with E-state index in [2.05, 4.69) is 15.0 Å². The molecule has 1 aromatic carbocycles. The third kappa shape index (κ3) is 4.00. The first-order valence-electron chi connectivity index (χ1n) is 10.7. The molecule has 3 aromatic rings. The highest BCUT2D eigenvalue weighted by Gasteiger charge is 2.54. The zero-order chi connectivity index (χ0) is 24.7. The van der Waals surface area contributed by atoms with Crippen LogP contribution in [0, 0.1) is 12.7 Å². The van der Waals surface area contributed by atoms with Gasteiger partial charge in [-0.05, 0) is 62.2 Å². The number of aromatic nitrogens is 2. The number of ketones is 1. The Hall–Kier alpha value is -3.46. The minimum Gasteiger partial charge on any atom is -0.386 e. The number of aliphatic imine (C=N–C) groups is 1. The normalized spacial score (nSPS) is 23.8. The summed E-state index contributed by atoms with van der Waals surface area (Å²) in [5.41, 5.74) is 6.84. The quantitative estimate of drug-likeness (QED) is 0.561. The van der Waals surface area contributed by atoms with E-state index in [1.165, 1.54) is 38.2 Å². The van der Waals surface area contributed by atoms with Crippen molar-refractivity contribution in [1.29, 1.82) is 0 Å². The van der Waals surface area contributed by atoms with E-state index in [0.717, 1.165) is 5.56 Å². The standard InChI is InChI=1S/C25H25FN4O3S/c1-16-7-10-20(29-14-16)21(31)13-17-8-9-19(26)18(12-17)24(2)15-34(32,33)25(3,23(27)30-24)22-6-4-5-11-28-22/h4-12,14H,13,15H2,1-3H3,(H2,27,30)/t24-,25-/m0/s1. The zero-order valence-electron chi connectivity index (χ0n) is 19.1. The van der Waals surface area contributed by atoms with Gasteiger partial charge in [-0.25, -0.2) is 12.8 Å². The molecule has 2 aromatic heterocycles. The number of hydrogen-bond acceptors (Lipinski definition) is 7. The molecule has 0 saturated heterocycles. The summed E-state index contributed by atoms with van der Waals surface area (Å²) in [6, 6.07) is 12.6. The van der Waals surface area contributed by atoms with E-state index in [0.29, 0.717) is 11.3 Å². The molecular formula is C25H25FN4O3S. The SMILES string of the molecule is Cc1ccc(C(=O)Cc2ccc(F)c([C@]3(C)CS(=O)(=O)[C@@](C)(c4ccccn4)C(N)=N3)c2)nc1. The second-order valence-corrected chi connectivity index (χ2v) is 11.2. The second-order valence-electron chi connectivity index (χ2n) is 8.91. The fraction of sp³-hybridized carbons (Fsp3) is 0.280. The van der Waals surface area contributed by atoms with Crippen LogP contribution in [-0.2, 0) is 26.5 Å². The van der Waals surface area contributed by atoms with Crippen LogP contribution in [0.3, 0.4) is 0 Å². The van der Waals surface area contributed by atoms with Gasteiger partial charge in [-0.2, -0.15) is 0 Å². The first-order chi connectivity index (χ1) is 16.0. The zero-order valence-corrected chi connectivity index (χ0v) is 19.9. The summed E-state index contributed by atoms with van der Waals surface area (Å²) in [4.78, 5) is 25.5. The number of hydrogen-bond donors (Lipinski definition) is 1. The number of benzene rings is 1. The number of aryl methyl sites for hydroxylation is 1. The number of amidine groups is 1. The first kappa shape index (κ1) is 23.7. The Bertz CT molecular complexity index is 1390. The lowest BCUT2D eigenvalue weighted by Gasteiger charge is -2.39. The van der Waals surface area contributed by atoms with Crippen LogP contribution in [0.2, 0.25) is 0 Å². The summed E-state index contributed by atoms with van der Waals surface area (Å²) >= 11 is 0. The smallest absolute Gasteiger partial charge is 0.185 e. The molecule has 34 heavy (non-hydrogen) atoms. The van der Waals surface area contributed by atoms with Crippen LogP contribution in [0.15, 0.2) is 65.9 Å². The number of halogens is 1. The number of nitrogens with two attached hydrogens (primary N) is 1. The van der Waals surface area contributed by atoms with E-state index in [-0.39, 0.29) is 29.3 Å². The van der Waals surface area contributed by atoms with E-state index in [4.69, 9.17) is 5.73 Å². The molecule has 2 atom stereocenters. The Morgan fingerprint density at radius 2 is 1.88 bits per heavy atom. The molecule has 4 rings (SSSR count). The highest BCUT2D eigenvalue weighted by atomic mass is 32.2. The fourth-order valence-corrected chi connectivity index (χ4v) is 6.21. The van der Waals surface area contributed by atoms with Crippen LogP contribution in [0.5, 0.6) is 0 Å². The van der Waals surface area contributed by atoms with Crippen molar-refractivity contribution in [2.24, 2.45) is 10.7 Å². The average Bonchev–Trinajstić information content (AvgIpc) is 2.79. The Balaban J connectivity index is 1.73. The van der Waals surface area contributed by atoms with Crippen molar-refractivity contribution >= 4 is 21.5 Å². The summed E-state index contributed by atoms with van der Waals surface area (Å²) in [7, 11) is -3.94. The summed E-state index contributed by atoms with van der Waals surface area (Å²) in [5, 5.41) is 0. The van der Waals surface area contributed by atoms with Crippen LogP contribution in [-0.4, -0.2) is 35.8 Å². The van der Waals surface area contributed by atoms with E-state index >= 15 is 0 Å². The van der Waals surface area contributed by atoms with Gasteiger partial charge in [-0.15, -0.1) is 0 Å². The molecule has 0 aliphatic carbocycles. The van der Waals surface area contributed by atoms with E-state index in [1.54, 1.807) is 36.5 Å². The Morgan fingerprint density at radius 1 is 1.12 bits per heavy atom. The van der Waals surface area contributed by atoms with E-state index in [9.17, 15) is 17.6 Å². The molecule has 3 heterocycles. The van der Waals surface area contributed by atoms with Gasteiger partial charge in [0.2, 0.25) is 0 Å². The van der Waals surface area contributed by atoms with Gasteiger partial charge in [0.15, 0.2) is 20.4 Å². The maximum absolute atomic E-state index is 15.0. The summed E-state index contributed by atoms with van der Waals surface area (Å²) in [6.07, 6.45) is 3.07. The van der Waals surface area contributed by atoms with Gasteiger partial charge in [-0.1, -0.05) is 18.2 Å². The van der Waals surface area contributed by atoms with Crippen LogP contribution in [0.4, 0.5) is 4.39 Å². The van der Waals surface area contributed by atoms with Crippen LogP contribution < -0.4 is 5.73 Å². The Kier molecular flexibility index (Phi) is 5.85. The molecule has 0 bridgehead atoms. The van der Waals surface area contributed by atoms with Crippen LogP contribution >= 0.6 is 0 Å². The molecule has 0 amide bonds. The monoisotopic (exact) mass is 480 g/mol. The molecule has 0 radical (unpaired) electrons. The second kappa shape index (κ2) is 8.39. The van der Waals surface area contributed by atoms with Crippen molar-refractivity contribution in [2.45, 2.75) is 37.5 Å².